The van der Waals surface area contributed by atoms with Crippen LogP contribution < -0.4 is 5.73 Å². The van der Waals surface area contributed by atoms with Gasteiger partial charge in [0.25, 0.3) is 0 Å². The molecule has 9 nitrogen and oxygen atoms in total. The van der Waals surface area contributed by atoms with Crippen molar-refractivity contribution in [3.8, 4) is 11.8 Å². The van der Waals surface area contributed by atoms with Crippen LogP contribution in [0, 0.1) is 18.3 Å². The average molecular weight is 448 g/mol. The van der Waals surface area contributed by atoms with Crippen LogP contribution in [0.3, 0.4) is 0 Å². The highest BCUT2D eigenvalue weighted by Crippen LogP contribution is 2.28. The van der Waals surface area contributed by atoms with Gasteiger partial charge in [-0.2, -0.15) is 10.4 Å². The summed E-state index contributed by atoms with van der Waals surface area (Å²) >= 11 is 1.45. The fourth-order valence-electron chi connectivity index (χ4n) is 3.33. The molecule has 32 heavy (non-hydrogen) atoms. The van der Waals surface area contributed by atoms with Gasteiger partial charge in [-0.25, -0.2) is 4.68 Å². The average Bonchev–Trinajstić information content (AvgIpc) is 3.51. The Morgan fingerprint density at radius 3 is 2.72 bits per heavy atom. The number of carbonyl (C=O) groups is 1. The smallest absolute Gasteiger partial charge is 0.217 e. The standard InChI is InChI=1S/C22H21N7O2S/c1-15-18(12-23)19(29(27-15)16-6-3-2-4-7-16)14-32-22-26-25-21(10-9-20(24)30)28(22)13-17-8-5-11-31-17/h2-8,11H,9-10,13-14H2,1H3,(H2,24,30). The van der Waals surface area contributed by atoms with Gasteiger partial charge >= 0.3 is 0 Å². The second kappa shape index (κ2) is 9.53. The van der Waals surface area contributed by atoms with E-state index < -0.39 is 5.91 Å². The second-order valence-corrected chi connectivity index (χ2v) is 8.03. The summed E-state index contributed by atoms with van der Waals surface area (Å²) in [6, 6.07) is 15.6. The van der Waals surface area contributed by atoms with Crippen LogP contribution in [0.5, 0.6) is 0 Å². The Morgan fingerprint density at radius 1 is 1.22 bits per heavy atom. The molecule has 0 aliphatic rings. The number of nitrogens with two attached hydrogens (primary N) is 1. The molecule has 1 aromatic carbocycles. The number of hydrogen-bond donors (Lipinski definition) is 1. The summed E-state index contributed by atoms with van der Waals surface area (Å²) in [5.41, 5.74) is 8.20. The molecule has 2 N–H and O–H groups in total. The molecule has 0 saturated carbocycles. The van der Waals surface area contributed by atoms with Gasteiger partial charge in [-0.15, -0.1) is 10.2 Å². The molecule has 0 saturated heterocycles. The molecule has 0 unspecified atom stereocenters. The van der Waals surface area contributed by atoms with Gasteiger partial charge in [0.1, 0.15) is 17.7 Å². The maximum atomic E-state index is 11.3. The Labute approximate surface area is 188 Å². The fraction of sp³-hybridized carbons (Fsp3) is 0.227. The van der Waals surface area contributed by atoms with Crippen molar-refractivity contribution >= 4 is 17.7 Å². The minimum Gasteiger partial charge on any atom is -0.467 e. The van der Waals surface area contributed by atoms with Crippen LogP contribution in [-0.2, 0) is 23.5 Å². The van der Waals surface area contributed by atoms with E-state index in [1.807, 2.05) is 54.0 Å². The minimum absolute atomic E-state index is 0.180. The molecule has 162 valence electrons. The van der Waals surface area contributed by atoms with Crippen LogP contribution in [0.15, 0.2) is 58.3 Å². The highest BCUT2D eigenvalue weighted by atomic mass is 32.2. The lowest BCUT2D eigenvalue weighted by Crippen LogP contribution is -2.14. The third-order valence-electron chi connectivity index (χ3n) is 4.89. The number of para-hydroxylation sites is 1. The summed E-state index contributed by atoms with van der Waals surface area (Å²) in [6.07, 6.45) is 2.17. The molecular formula is C22H21N7O2S. The van der Waals surface area contributed by atoms with Gasteiger partial charge in [0.05, 0.1) is 35.4 Å². The van der Waals surface area contributed by atoms with Crippen LogP contribution in [0.1, 0.15) is 35.0 Å². The highest BCUT2D eigenvalue weighted by molar-refractivity contribution is 7.98. The zero-order valence-electron chi connectivity index (χ0n) is 17.4. The molecule has 0 aliphatic carbocycles. The molecule has 0 spiro atoms. The number of aromatic nitrogens is 5. The number of carbonyl (C=O) groups excluding carboxylic acids is 1. The topological polar surface area (TPSA) is 129 Å². The summed E-state index contributed by atoms with van der Waals surface area (Å²) in [6.45, 7) is 2.26. The van der Waals surface area contributed by atoms with Crippen molar-refractivity contribution in [1.29, 1.82) is 5.26 Å². The molecule has 0 aliphatic heterocycles. The van der Waals surface area contributed by atoms with E-state index in [4.69, 9.17) is 10.2 Å². The van der Waals surface area contributed by atoms with Crippen LogP contribution in [0.2, 0.25) is 0 Å². The van der Waals surface area contributed by atoms with Crippen molar-refractivity contribution in [2.75, 3.05) is 0 Å². The summed E-state index contributed by atoms with van der Waals surface area (Å²) in [5.74, 6) is 1.46. The van der Waals surface area contributed by atoms with E-state index in [0.717, 1.165) is 17.1 Å². The minimum atomic E-state index is -0.396. The van der Waals surface area contributed by atoms with E-state index >= 15 is 0 Å². The maximum Gasteiger partial charge on any atom is 0.217 e. The number of benzene rings is 1. The molecule has 0 fully saturated rings. The Kier molecular flexibility index (Phi) is 6.37. The van der Waals surface area contributed by atoms with Gasteiger partial charge in [-0.1, -0.05) is 30.0 Å². The third kappa shape index (κ3) is 4.58. The van der Waals surface area contributed by atoms with Crippen LogP contribution in [0.4, 0.5) is 0 Å². The van der Waals surface area contributed by atoms with Crippen molar-refractivity contribution < 1.29 is 9.21 Å². The number of primary amides is 1. The number of nitriles is 1. The molecule has 4 rings (SSSR count). The normalized spacial score (nSPS) is 10.9. The highest BCUT2D eigenvalue weighted by Gasteiger charge is 2.20. The zero-order chi connectivity index (χ0) is 22.5. The predicted octanol–water partition coefficient (Wildman–Crippen LogP) is 3.00. The molecule has 4 aromatic rings. The van der Waals surface area contributed by atoms with Gasteiger partial charge < -0.3 is 10.2 Å². The number of aryl methyl sites for hydroxylation is 2. The Balaban J connectivity index is 1.64. The first kappa shape index (κ1) is 21.4. The molecular weight excluding hydrogens is 426 g/mol. The number of thioether (sulfide) groups is 1. The summed E-state index contributed by atoms with van der Waals surface area (Å²) in [7, 11) is 0. The summed E-state index contributed by atoms with van der Waals surface area (Å²) < 4.78 is 9.19. The Hall–Kier alpha value is -3.84. The van der Waals surface area contributed by atoms with Crippen LogP contribution in [0.25, 0.3) is 5.69 Å². The molecule has 1 amide bonds. The van der Waals surface area contributed by atoms with Gasteiger partial charge in [0.2, 0.25) is 5.91 Å². The fourth-order valence-corrected chi connectivity index (χ4v) is 4.29. The van der Waals surface area contributed by atoms with Gasteiger partial charge in [-0.05, 0) is 31.2 Å². The third-order valence-corrected chi connectivity index (χ3v) is 5.87. The van der Waals surface area contributed by atoms with Crippen molar-refractivity contribution in [3.63, 3.8) is 0 Å². The lowest BCUT2D eigenvalue weighted by Gasteiger charge is -2.10. The number of furan rings is 1. The number of hydrogen-bond acceptors (Lipinski definition) is 7. The summed E-state index contributed by atoms with van der Waals surface area (Å²) in [5, 5.41) is 23.5. The van der Waals surface area contributed by atoms with Crippen LogP contribution >= 0.6 is 11.8 Å². The summed E-state index contributed by atoms with van der Waals surface area (Å²) in [4.78, 5) is 11.3. The van der Waals surface area contributed by atoms with Gasteiger partial charge in [-0.3, -0.25) is 9.36 Å². The molecule has 3 aromatic heterocycles. The first-order valence-electron chi connectivity index (χ1n) is 9.96. The van der Waals surface area contributed by atoms with Crippen molar-refractivity contribution in [3.05, 3.63) is 77.3 Å². The molecule has 3 heterocycles. The second-order valence-electron chi connectivity index (χ2n) is 7.09. The van der Waals surface area contributed by atoms with E-state index in [-0.39, 0.29) is 6.42 Å². The Morgan fingerprint density at radius 2 is 2.03 bits per heavy atom. The van der Waals surface area contributed by atoms with E-state index in [1.54, 1.807) is 10.9 Å². The van der Waals surface area contributed by atoms with E-state index in [1.165, 1.54) is 11.8 Å². The maximum absolute atomic E-state index is 11.3. The van der Waals surface area contributed by atoms with Gasteiger partial charge in [0.15, 0.2) is 5.16 Å². The quantitative estimate of drug-likeness (QED) is 0.391. The van der Waals surface area contributed by atoms with E-state index in [2.05, 4.69) is 21.4 Å². The zero-order valence-corrected chi connectivity index (χ0v) is 18.2. The number of amides is 1. The first-order chi connectivity index (χ1) is 15.6. The largest absolute Gasteiger partial charge is 0.467 e. The van der Waals surface area contributed by atoms with Crippen LogP contribution in [-0.4, -0.2) is 30.5 Å². The predicted molar refractivity (Wildman–Crippen MR) is 118 cm³/mol. The van der Waals surface area contributed by atoms with Gasteiger partial charge in [0, 0.05) is 18.6 Å². The number of nitrogens with zero attached hydrogens (tertiary/aromatic N) is 6. The monoisotopic (exact) mass is 447 g/mol. The first-order valence-corrected chi connectivity index (χ1v) is 10.9. The van der Waals surface area contributed by atoms with E-state index in [0.29, 0.717) is 41.0 Å². The molecule has 0 bridgehead atoms. The van der Waals surface area contributed by atoms with Crippen molar-refractivity contribution in [1.82, 2.24) is 24.5 Å². The molecule has 0 radical (unpaired) electrons. The lowest BCUT2D eigenvalue weighted by molar-refractivity contribution is -0.118. The Bertz CT molecular complexity index is 1250. The van der Waals surface area contributed by atoms with Crippen molar-refractivity contribution in [2.24, 2.45) is 5.73 Å². The lowest BCUT2D eigenvalue weighted by atomic mass is 10.2. The SMILES string of the molecule is Cc1nn(-c2ccccc2)c(CSc2nnc(CCC(N)=O)n2Cc2ccco2)c1C#N. The van der Waals surface area contributed by atoms with E-state index in [9.17, 15) is 10.1 Å². The number of rotatable bonds is 9. The molecule has 10 heteroatoms. The molecule has 0 atom stereocenters. The van der Waals surface area contributed by atoms with Crippen molar-refractivity contribution in [2.45, 2.75) is 37.2 Å².